The number of allylic oxidation sites excluding steroid dienone is 4. The molecule has 0 bridgehead atoms. The summed E-state index contributed by atoms with van der Waals surface area (Å²) < 4.78 is 0. The average molecular weight is 405 g/mol. The van der Waals surface area contributed by atoms with Crippen molar-refractivity contribution in [2.45, 2.75) is 26.7 Å². The normalized spacial score (nSPS) is 12.5. The summed E-state index contributed by atoms with van der Waals surface area (Å²) in [6.45, 7) is 15.9. The largest absolute Gasteiger partial charge is 0.383 e. The second kappa shape index (κ2) is 14.5. The van der Waals surface area contributed by atoms with Crippen LogP contribution in [0.15, 0.2) is 73.5 Å². The van der Waals surface area contributed by atoms with E-state index in [1.165, 1.54) is 5.70 Å². The lowest BCUT2D eigenvalue weighted by Crippen LogP contribution is -2.26. The first-order valence-electron chi connectivity index (χ1n) is 9.75. The summed E-state index contributed by atoms with van der Waals surface area (Å²) in [4.78, 5) is 8.55. The highest BCUT2D eigenvalue weighted by atomic mass is 15.1. The van der Waals surface area contributed by atoms with Crippen LogP contribution >= 0.6 is 0 Å². The van der Waals surface area contributed by atoms with Gasteiger partial charge in [-0.3, -0.25) is 0 Å². The van der Waals surface area contributed by atoms with Crippen molar-refractivity contribution >= 4 is 18.0 Å². The second-order valence-electron chi connectivity index (χ2n) is 6.75. The van der Waals surface area contributed by atoms with Gasteiger partial charge in [0.05, 0.1) is 0 Å². The molecule has 0 atom stereocenters. The van der Waals surface area contributed by atoms with Gasteiger partial charge in [0.25, 0.3) is 0 Å². The van der Waals surface area contributed by atoms with Crippen molar-refractivity contribution in [1.82, 2.24) is 14.8 Å². The van der Waals surface area contributed by atoms with Crippen LogP contribution in [0, 0.1) is 12.8 Å². The molecule has 1 heterocycles. The molecule has 0 radical (unpaired) electrons. The fourth-order valence-electron chi connectivity index (χ4n) is 2.74. The Hall–Kier alpha value is -3.45. The molecule has 0 unspecified atom stereocenters. The number of rotatable bonds is 10. The van der Waals surface area contributed by atoms with Crippen LogP contribution in [-0.2, 0) is 0 Å². The Bertz CT molecular complexity index is 914. The Labute approximate surface area is 183 Å². The summed E-state index contributed by atoms with van der Waals surface area (Å²) in [7, 11) is 5.99. The van der Waals surface area contributed by atoms with Gasteiger partial charge < -0.3 is 15.1 Å². The van der Waals surface area contributed by atoms with E-state index in [-0.39, 0.29) is 0 Å². The van der Waals surface area contributed by atoms with E-state index in [1.807, 2.05) is 69.5 Å². The minimum atomic E-state index is 0.691. The topological polar surface area (TPSA) is 31.4 Å². The quantitative estimate of drug-likeness (QED) is 0.467. The van der Waals surface area contributed by atoms with Gasteiger partial charge in [-0.1, -0.05) is 44.0 Å². The van der Waals surface area contributed by atoms with Gasteiger partial charge >= 0.3 is 0 Å². The lowest BCUT2D eigenvalue weighted by atomic mass is 10.1. The Balaban J connectivity index is 0.00000407. The van der Waals surface area contributed by atoms with Gasteiger partial charge in [0.2, 0.25) is 0 Å². The van der Waals surface area contributed by atoms with E-state index in [1.54, 1.807) is 0 Å². The number of hydrogen-bond donors (Lipinski definition) is 1. The predicted molar refractivity (Wildman–Crippen MR) is 134 cm³/mol. The van der Waals surface area contributed by atoms with Crippen LogP contribution in [0.1, 0.15) is 26.7 Å². The first-order chi connectivity index (χ1) is 14.3. The summed E-state index contributed by atoms with van der Waals surface area (Å²) in [6.07, 6.45) is 23.5. The number of nitrogens with one attached hydrogen (secondary N) is 1. The van der Waals surface area contributed by atoms with Crippen molar-refractivity contribution < 1.29 is 0 Å². The molecule has 1 aromatic heterocycles. The zero-order valence-corrected chi connectivity index (χ0v) is 19.2. The Morgan fingerprint density at radius 2 is 1.83 bits per heavy atom. The van der Waals surface area contributed by atoms with Gasteiger partial charge in [-0.15, -0.1) is 12.8 Å². The van der Waals surface area contributed by atoms with Crippen molar-refractivity contribution in [1.29, 1.82) is 0 Å². The van der Waals surface area contributed by atoms with Gasteiger partial charge in [-0.2, -0.15) is 0 Å². The minimum absolute atomic E-state index is 0.691. The minimum Gasteiger partial charge on any atom is -0.383 e. The molecule has 30 heavy (non-hydrogen) atoms. The van der Waals surface area contributed by atoms with Crippen LogP contribution < -0.4 is 15.8 Å². The van der Waals surface area contributed by atoms with Gasteiger partial charge in [0, 0.05) is 57.8 Å². The zero-order chi connectivity index (χ0) is 23.1. The summed E-state index contributed by atoms with van der Waals surface area (Å²) in [5.41, 5.74) is 3.16. The predicted octanol–water partition coefficient (Wildman–Crippen LogP) is 4.23. The molecule has 0 aromatic carbocycles. The molecule has 0 saturated heterocycles. The van der Waals surface area contributed by atoms with E-state index in [0.29, 0.717) is 6.42 Å². The van der Waals surface area contributed by atoms with E-state index in [9.17, 15) is 0 Å². The number of hydrogen-bond acceptors (Lipinski definition) is 4. The maximum absolute atomic E-state index is 4.52. The molecule has 0 spiro atoms. The van der Waals surface area contributed by atoms with E-state index in [0.717, 1.165) is 33.9 Å². The smallest absolute Gasteiger partial charge is 0.130 e. The first-order valence-corrected chi connectivity index (χ1v) is 9.75. The Morgan fingerprint density at radius 1 is 1.17 bits per heavy atom. The second-order valence-corrected chi connectivity index (χ2v) is 6.75. The summed E-state index contributed by atoms with van der Waals surface area (Å²) in [5.74, 6) is 0.786. The van der Waals surface area contributed by atoms with Crippen molar-refractivity contribution in [3.8, 4) is 12.8 Å². The molecule has 0 amide bonds. The third-order valence-corrected chi connectivity index (χ3v) is 4.28. The van der Waals surface area contributed by atoms with E-state index >= 15 is 0 Å². The summed E-state index contributed by atoms with van der Waals surface area (Å²) in [6, 6.07) is 2.06. The average Bonchev–Trinajstić information content (AvgIpc) is 2.74. The molecule has 1 N–H and O–H groups in total. The molecule has 1 rings (SSSR count). The maximum atomic E-state index is 4.52. The van der Waals surface area contributed by atoms with Gasteiger partial charge in [0.1, 0.15) is 5.82 Å². The highest BCUT2D eigenvalue weighted by Gasteiger charge is 2.02. The number of anilines is 1. The van der Waals surface area contributed by atoms with Crippen molar-refractivity contribution in [2.24, 2.45) is 0 Å². The highest BCUT2D eigenvalue weighted by Crippen LogP contribution is 2.13. The maximum Gasteiger partial charge on any atom is 0.130 e. The fourth-order valence-corrected chi connectivity index (χ4v) is 2.74. The fraction of sp³-hybridized carbons (Fsp3) is 0.269. The Kier molecular flexibility index (Phi) is 12.9. The van der Waals surface area contributed by atoms with E-state index < -0.39 is 0 Å². The van der Waals surface area contributed by atoms with Gasteiger partial charge in [-0.25, -0.2) is 4.98 Å². The van der Waals surface area contributed by atoms with Crippen LogP contribution in [0.25, 0.3) is 12.2 Å². The molecule has 0 fully saturated rings. The standard InChI is InChI=1S/C24H34N4.C2H2/c1-9-20(18-27(6)7)15-19(5)26-24-16-22(21(10-2)17-25-24)13-14-23(11-3)28(8)12-4;1-2/h9-13,16-18,26H,1,4-5,14-15H2,2-3,6-8H3;1-2H/b20-18+,21-10-,22-13-,23-11-;. The third-order valence-electron chi connectivity index (χ3n) is 4.28. The van der Waals surface area contributed by atoms with Crippen molar-refractivity contribution in [2.75, 3.05) is 26.5 Å². The number of pyridine rings is 1. The molecule has 1 aromatic rings. The van der Waals surface area contributed by atoms with Crippen LogP contribution in [-0.4, -0.2) is 35.9 Å². The molecular weight excluding hydrogens is 368 g/mol. The molecule has 0 saturated carbocycles. The van der Waals surface area contributed by atoms with Crippen molar-refractivity contribution in [3.05, 3.63) is 84.0 Å². The van der Waals surface area contributed by atoms with Gasteiger partial charge in [-0.05, 0) is 42.1 Å². The lowest BCUT2D eigenvalue weighted by Gasteiger charge is -2.16. The molecule has 4 nitrogen and oxygen atoms in total. The van der Waals surface area contributed by atoms with E-state index in [2.05, 4.69) is 67.2 Å². The zero-order valence-electron chi connectivity index (χ0n) is 19.2. The van der Waals surface area contributed by atoms with Crippen LogP contribution in [0.2, 0.25) is 0 Å². The molecule has 0 aliphatic heterocycles. The number of aromatic nitrogens is 1. The number of terminal acetylenes is 1. The highest BCUT2D eigenvalue weighted by molar-refractivity contribution is 5.45. The first kappa shape index (κ1) is 26.6. The summed E-state index contributed by atoms with van der Waals surface area (Å²) in [5, 5.41) is 5.56. The van der Waals surface area contributed by atoms with E-state index in [4.69, 9.17) is 0 Å². The number of nitrogens with zero attached hydrogens (tertiary/aromatic N) is 3. The molecule has 160 valence electrons. The molecule has 0 aliphatic rings. The van der Waals surface area contributed by atoms with Gasteiger partial charge in [0.15, 0.2) is 0 Å². The molecule has 4 heteroatoms. The van der Waals surface area contributed by atoms with Crippen molar-refractivity contribution in [3.63, 3.8) is 0 Å². The molecular formula is C26H36N4. The third kappa shape index (κ3) is 9.16. The Morgan fingerprint density at radius 3 is 2.33 bits per heavy atom. The monoisotopic (exact) mass is 404 g/mol. The molecule has 0 aliphatic carbocycles. The lowest BCUT2D eigenvalue weighted by molar-refractivity contribution is 0.558. The van der Waals surface area contributed by atoms with Crippen LogP contribution in [0.5, 0.6) is 0 Å². The SMILES string of the molecule is C#C.C=C/C(=C\N(C)C)CC(=C)Nc1cc(=C/C/C(=C/C)N(C)C=C)/c(=C\C)cn1. The van der Waals surface area contributed by atoms with Crippen LogP contribution in [0.3, 0.4) is 0 Å². The summed E-state index contributed by atoms with van der Waals surface area (Å²) >= 11 is 0. The van der Waals surface area contributed by atoms with Crippen LogP contribution in [0.4, 0.5) is 5.82 Å².